The van der Waals surface area contributed by atoms with Gasteiger partial charge in [0.1, 0.15) is 12.1 Å². The minimum Gasteiger partial charge on any atom is -0.480 e. The largest absolute Gasteiger partial charge is 0.480 e. The second kappa shape index (κ2) is 10.3. The van der Waals surface area contributed by atoms with Gasteiger partial charge in [-0.1, -0.05) is 0 Å². The van der Waals surface area contributed by atoms with Crippen LogP contribution in [0.4, 0.5) is 0 Å². The average Bonchev–Trinajstić information content (AvgIpc) is 2.47. The molecule has 0 spiro atoms. The highest BCUT2D eigenvalue weighted by atomic mass is 16.4. The van der Waals surface area contributed by atoms with E-state index in [2.05, 4.69) is 16.0 Å². The van der Waals surface area contributed by atoms with Gasteiger partial charge < -0.3 is 37.6 Å². The number of carboxylic acid groups (broad SMARTS) is 1. The molecule has 0 fully saturated rings. The Labute approximate surface area is 133 Å². The minimum atomic E-state index is -1.29. The maximum absolute atomic E-state index is 11.8. The van der Waals surface area contributed by atoms with Gasteiger partial charge in [-0.3, -0.25) is 19.8 Å². The Kier molecular flexibility index (Phi) is 9.27. The van der Waals surface area contributed by atoms with E-state index in [9.17, 15) is 14.4 Å². The van der Waals surface area contributed by atoms with Crippen LogP contribution in [0, 0.1) is 5.41 Å². The molecule has 0 rings (SSSR count). The van der Waals surface area contributed by atoms with Crippen molar-refractivity contribution in [1.29, 1.82) is 5.41 Å². The van der Waals surface area contributed by atoms with E-state index in [1.54, 1.807) is 0 Å². The number of nitrogens with two attached hydrogens (primary N) is 2. The molecule has 11 heteroatoms. The van der Waals surface area contributed by atoms with Crippen molar-refractivity contribution in [1.82, 2.24) is 16.0 Å². The van der Waals surface area contributed by atoms with Crippen LogP contribution in [-0.2, 0) is 14.4 Å². The van der Waals surface area contributed by atoms with Crippen LogP contribution in [-0.4, -0.2) is 65.2 Å². The molecule has 0 saturated carbocycles. The van der Waals surface area contributed by atoms with E-state index < -0.39 is 42.5 Å². The van der Waals surface area contributed by atoms with Crippen LogP contribution in [0.25, 0.3) is 0 Å². The summed E-state index contributed by atoms with van der Waals surface area (Å²) < 4.78 is 0. The molecule has 10 N–H and O–H groups in total. The Hall–Kier alpha value is -2.40. The quantitative estimate of drug-likeness (QED) is 0.115. The molecule has 0 unspecified atom stereocenters. The highest BCUT2D eigenvalue weighted by Crippen LogP contribution is 1.96. The lowest BCUT2D eigenvalue weighted by atomic mass is 10.1. The molecule has 0 heterocycles. The van der Waals surface area contributed by atoms with Crippen LogP contribution >= 0.6 is 0 Å². The number of carboxylic acids is 1. The highest BCUT2D eigenvalue weighted by Gasteiger charge is 2.25. The number of guanidine groups is 1. The maximum Gasteiger partial charge on any atom is 0.325 e. The molecule has 2 amide bonds. The number of aliphatic carboxylic acids is 1. The third-order valence-electron chi connectivity index (χ3n) is 2.89. The van der Waals surface area contributed by atoms with Crippen molar-refractivity contribution >= 4 is 23.7 Å². The van der Waals surface area contributed by atoms with Crippen LogP contribution in [0.1, 0.15) is 19.8 Å². The Morgan fingerprint density at radius 2 is 1.83 bits per heavy atom. The molecule has 132 valence electrons. The molecule has 11 nitrogen and oxygen atoms in total. The first-order valence-electron chi connectivity index (χ1n) is 6.96. The average molecular weight is 332 g/mol. The predicted octanol–water partition coefficient (Wildman–Crippen LogP) is -3.36. The van der Waals surface area contributed by atoms with Crippen LogP contribution in [0.15, 0.2) is 0 Å². The van der Waals surface area contributed by atoms with Gasteiger partial charge in [-0.05, 0) is 19.8 Å². The molecular formula is C12H24N6O5. The predicted molar refractivity (Wildman–Crippen MR) is 81.4 cm³/mol. The molecule has 0 radical (unpaired) electrons. The Balaban J connectivity index is 4.33. The molecule has 0 aliphatic heterocycles. The third-order valence-corrected chi connectivity index (χ3v) is 2.89. The van der Waals surface area contributed by atoms with Gasteiger partial charge in [0.25, 0.3) is 0 Å². The maximum atomic E-state index is 11.8. The van der Waals surface area contributed by atoms with Crippen LogP contribution < -0.4 is 27.4 Å². The summed E-state index contributed by atoms with van der Waals surface area (Å²) in [6.45, 7) is 0.934. The number of aliphatic hydroxyl groups excluding tert-OH is 1. The smallest absolute Gasteiger partial charge is 0.325 e. The van der Waals surface area contributed by atoms with Gasteiger partial charge in [-0.2, -0.15) is 0 Å². The van der Waals surface area contributed by atoms with Gasteiger partial charge in [-0.25, -0.2) is 0 Å². The van der Waals surface area contributed by atoms with Crippen LogP contribution in [0.2, 0.25) is 0 Å². The fourth-order valence-electron chi connectivity index (χ4n) is 1.52. The van der Waals surface area contributed by atoms with Gasteiger partial charge in [0, 0.05) is 6.54 Å². The Morgan fingerprint density at radius 1 is 1.22 bits per heavy atom. The zero-order valence-corrected chi connectivity index (χ0v) is 12.8. The summed E-state index contributed by atoms with van der Waals surface area (Å²) in [7, 11) is 0. The van der Waals surface area contributed by atoms with Crippen molar-refractivity contribution in [3.05, 3.63) is 0 Å². The van der Waals surface area contributed by atoms with E-state index >= 15 is 0 Å². The van der Waals surface area contributed by atoms with Crippen molar-refractivity contribution in [3.8, 4) is 0 Å². The van der Waals surface area contributed by atoms with E-state index in [4.69, 9.17) is 27.1 Å². The van der Waals surface area contributed by atoms with Gasteiger partial charge in [0.05, 0.1) is 12.6 Å². The first-order chi connectivity index (χ1) is 10.7. The normalized spacial score (nSPS) is 14.2. The number of carbonyl (C=O) groups excluding carboxylic acids is 2. The lowest BCUT2D eigenvalue weighted by Crippen LogP contribution is -2.55. The number of hydrogen-bond acceptors (Lipinski definition) is 6. The zero-order valence-electron chi connectivity index (χ0n) is 12.8. The SMILES string of the molecule is C[C@H](NC(=O)[C@H](CO)NC(=O)[C@@H](N)CCCNC(=N)N)C(=O)O. The van der Waals surface area contributed by atoms with Gasteiger partial charge in [0.15, 0.2) is 5.96 Å². The van der Waals surface area contributed by atoms with Gasteiger partial charge in [0.2, 0.25) is 11.8 Å². The third kappa shape index (κ3) is 8.58. The fraction of sp³-hybridized carbons (Fsp3) is 0.667. The zero-order chi connectivity index (χ0) is 18.0. The second-order valence-electron chi connectivity index (χ2n) is 4.90. The van der Waals surface area contributed by atoms with Crippen molar-refractivity contribution < 1.29 is 24.6 Å². The van der Waals surface area contributed by atoms with Crippen molar-refractivity contribution in [2.24, 2.45) is 11.5 Å². The number of nitrogens with one attached hydrogen (secondary N) is 4. The van der Waals surface area contributed by atoms with E-state index in [-0.39, 0.29) is 12.4 Å². The molecule has 0 aliphatic carbocycles. The lowest BCUT2D eigenvalue weighted by molar-refractivity contribution is -0.142. The van der Waals surface area contributed by atoms with Crippen molar-refractivity contribution in [3.63, 3.8) is 0 Å². The Bertz CT molecular complexity index is 444. The summed E-state index contributed by atoms with van der Waals surface area (Å²) in [5, 5.41) is 31.7. The number of amides is 2. The molecule has 0 aromatic heterocycles. The lowest BCUT2D eigenvalue weighted by Gasteiger charge is -2.20. The standard InChI is InChI=1S/C12H24N6O5/c1-6(11(22)23)17-10(21)8(5-19)18-9(20)7(13)3-2-4-16-12(14)15/h6-8,19H,2-5,13H2,1H3,(H,17,21)(H,18,20)(H,22,23)(H4,14,15,16)/t6-,7-,8-/m0/s1. The molecule has 0 aromatic rings. The van der Waals surface area contributed by atoms with Crippen LogP contribution in [0.3, 0.4) is 0 Å². The molecule has 3 atom stereocenters. The van der Waals surface area contributed by atoms with Crippen molar-refractivity contribution in [2.45, 2.75) is 37.9 Å². The Morgan fingerprint density at radius 3 is 2.30 bits per heavy atom. The van der Waals surface area contributed by atoms with Gasteiger partial charge >= 0.3 is 5.97 Å². The summed E-state index contributed by atoms with van der Waals surface area (Å²) in [5.41, 5.74) is 10.7. The monoisotopic (exact) mass is 332 g/mol. The van der Waals surface area contributed by atoms with E-state index in [0.29, 0.717) is 13.0 Å². The minimum absolute atomic E-state index is 0.187. The summed E-state index contributed by atoms with van der Waals surface area (Å²) in [5.74, 6) is -2.89. The highest BCUT2D eigenvalue weighted by molar-refractivity contribution is 5.91. The summed E-state index contributed by atoms with van der Waals surface area (Å²) in [6, 6.07) is -3.35. The number of aliphatic hydroxyl groups is 1. The topological polar surface area (TPSA) is 204 Å². The molecular weight excluding hydrogens is 308 g/mol. The van der Waals surface area contributed by atoms with E-state index in [1.165, 1.54) is 6.92 Å². The fourth-order valence-corrected chi connectivity index (χ4v) is 1.52. The summed E-state index contributed by atoms with van der Waals surface area (Å²) >= 11 is 0. The molecule has 0 saturated heterocycles. The van der Waals surface area contributed by atoms with Gasteiger partial charge in [-0.15, -0.1) is 0 Å². The first-order valence-corrected chi connectivity index (χ1v) is 6.96. The summed E-state index contributed by atoms with van der Waals surface area (Å²) in [4.78, 5) is 34.2. The molecule has 23 heavy (non-hydrogen) atoms. The molecule has 0 bridgehead atoms. The number of rotatable bonds is 10. The second-order valence-corrected chi connectivity index (χ2v) is 4.90. The first kappa shape index (κ1) is 20.6. The molecule has 0 aliphatic rings. The van der Waals surface area contributed by atoms with Crippen molar-refractivity contribution in [2.75, 3.05) is 13.2 Å². The number of hydrogen-bond donors (Lipinski definition) is 8. The summed E-state index contributed by atoms with van der Waals surface area (Å²) in [6.07, 6.45) is 0.748. The van der Waals surface area contributed by atoms with E-state index in [0.717, 1.165) is 0 Å². The van der Waals surface area contributed by atoms with Crippen LogP contribution in [0.5, 0.6) is 0 Å². The van der Waals surface area contributed by atoms with E-state index in [1.807, 2.05) is 0 Å². The number of carbonyl (C=O) groups is 3. The molecule has 0 aromatic carbocycles.